The fourth-order valence-corrected chi connectivity index (χ4v) is 1.98. The monoisotopic (exact) mass is 335 g/mol. The number of halogens is 1. The molecule has 3 N–H and O–H groups in total. The number of nitrogens with one attached hydrogen (secondary N) is 2. The van der Waals surface area contributed by atoms with Crippen LogP contribution in [0.4, 0.5) is 5.69 Å². The van der Waals surface area contributed by atoms with Gasteiger partial charge in [-0.1, -0.05) is 23.7 Å². The Morgan fingerprint density at radius 1 is 1.04 bits per heavy atom. The van der Waals surface area contributed by atoms with Gasteiger partial charge >= 0.3 is 0 Å². The van der Waals surface area contributed by atoms with Crippen LogP contribution < -0.4 is 10.9 Å². The second-order valence-electron chi connectivity index (χ2n) is 4.35. The molecule has 0 spiro atoms. The molecule has 2 aromatic carbocycles. The second kappa shape index (κ2) is 6.75. The number of rotatable bonds is 3. The Balaban J connectivity index is 2.07. The van der Waals surface area contributed by atoms with E-state index in [1.165, 1.54) is 18.2 Å². The van der Waals surface area contributed by atoms with Crippen LogP contribution in [-0.2, 0) is 0 Å². The normalized spacial score (nSPS) is 9.96. The Morgan fingerprint density at radius 2 is 1.65 bits per heavy atom. The van der Waals surface area contributed by atoms with Gasteiger partial charge < -0.3 is 5.11 Å². The summed E-state index contributed by atoms with van der Waals surface area (Å²) in [6, 6.07) is 9.10. The molecule has 0 fully saturated rings. The molecular formula is C14H10ClN3O5. The van der Waals surface area contributed by atoms with Gasteiger partial charge in [-0.05, 0) is 18.2 Å². The zero-order chi connectivity index (χ0) is 17.0. The number of carbonyl (C=O) groups excluding carboxylic acids is 2. The van der Waals surface area contributed by atoms with E-state index in [1.807, 2.05) is 0 Å². The maximum Gasteiger partial charge on any atom is 0.273 e. The molecule has 0 aliphatic carbocycles. The highest BCUT2D eigenvalue weighted by Crippen LogP contribution is 2.22. The lowest BCUT2D eigenvalue weighted by Gasteiger charge is -2.09. The lowest BCUT2D eigenvalue weighted by atomic mass is 10.2. The summed E-state index contributed by atoms with van der Waals surface area (Å²) >= 11 is 5.81. The molecule has 8 nitrogen and oxygen atoms in total. The Morgan fingerprint density at radius 3 is 2.22 bits per heavy atom. The summed E-state index contributed by atoms with van der Waals surface area (Å²) in [6.45, 7) is 0. The average Bonchev–Trinajstić information content (AvgIpc) is 2.52. The van der Waals surface area contributed by atoms with Crippen molar-refractivity contribution in [2.75, 3.05) is 0 Å². The lowest BCUT2D eigenvalue weighted by molar-refractivity contribution is -0.384. The van der Waals surface area contributed by atoms with Crippen LogP contribution in [0.3, 0.4) is 0 Å². The largest absolute Gasteiger partial charge is 0.507 e. The highest BCUT2D eigenvalue weighted by molar-refractivity contribution is 6.34. The van der Waals surface area contributed by atoms with Crippen molar-refractivity contribution in [3.05, 3.63) is 68.7 Å². The first-order valence-corrected chi connectivity index (χ1v) is 6.60. The number of hydrogen-bond donors (Lipinski definition) is 3. The number of nitrogens with zero attached hydrogens (tertiary/aromatic N) is 1. The fourth-order valence-electron chi connectivity index (χ4n) is 1.72. The average molecular weight is 336 g/mol. The van der Waals surface area contributed by atoms with Crippen molar-refractivity contribution in [1.82, 2.24) is 10.9 Å². The van der Waals surface area contributed by atoms with E-state index in [-0.39, 0.29) is 27.6 Å². The molecule has 118 valence electrons. The molecule has 0 radical (unpaired) electrons. The number of aromatic hydroxyl groups is 1. The van der Waals surface area contributed by atoms with Crippen molar-refractivity contribution < 1.29 is 19.6 Å². The molecule has 0 saturated carbocycles. The third-order valence-electron chi connectivity index (χ3n) is 2.85. The molecule has 0 unspecified atom stereocenters. The molecule has 0 heterocycles. The molecule has 9 heteroatoms. The summed E-state index contributed by atoms with van der Waals surface area (Å²) in [7, 11) is 0. The molecule has 0 atom stereocenters. The maximum absolute atomic E-state index is 11.9. The van der Waals surface area contributed by atoms with E-state index >= 15 is 0 Å². The van der Waals surface area contributed by atoms with Crippen molar-refractivity contribution in [1.29, 1.82) is 0 Å². The van der Waals surface area contributed by atoms with E-state index in [9.17, 15) is 24.8 Å². The van der Waals surface area contributed by atoms with E-state index in [4.69, 9.17) is 11.6 Å². The first-order valence-electron chi connectivity index (χ1n) is 6.22. The van der Waals surface area contributed by atoms with Gasteiger partial charge in [0.1, 0.15) is 5.75 Å². The molecule has 0 aliphatic heterocycles. The first kappa shape index (κ1) is 16.2. The molecule has 23 heavy (non-hydrogen) atoms. The summed E-state index contributed by atoms with van der Waals surface area (Å²) in [5.41, 5.74) is 3.89. The van der Waals surface area contributed by atoms with E-state index < -0.39 is 16.7 Å². The Kier molecular flexibility index (Phi) is 4.77. The van der Waals surface area contributed by atoms with Gasteiger partial charge in [-0.15, -0.1) is 0 Å². The Hall–Kier alpha value is -3.13. The van der Waals surface area contributed by atoms with E-state index in [0.717, 1.165) is 12.1 Å². The minimum atomic E-state index is -0.756. The Bertz CT molecular complexity index is 794. The van der Waals surface area contributed by atoms with Gasteiger partial charge in [0.05, 0.1) is 21.1 Å². The van der Waals surface area contributed by atoms with Crippen molar-refractivity contribution in [3.63, 3.8) is 0 Å². The third kappa shape index (κ3) is 3.74. The quantitative estimate of drug-likeness (QED) is 0.585. The number of nitro benzene ring substituents is 1. The van der Waals surface area contributed by atoms with E-state index in [0.29, 0.717) is 0 Å². The summed E-state index contributed by atoms with van der Waals surface area (Å²) in [4.78, 5) is 33.7. The minimum absolute atomic E-state index is 0.0254. The minimum Gasteiger partial charge on any atom is -0.507 e. The zero-order valence-corrected chi connectivity index (χ0v) is 12.2. The van der Waals surface area contributed by atoms with Crippen molar-refractivity contribution in [3.8, 4) is 5.75 Å². The number of phenols is 1. The zero-order valence-electron chi connectivity index (χ0n) is 11.4. The predicted octanol–water partition coefficient (Wildman–Crippen LogP) is 2.03. The van der Waals surface area contributed by atoms with Gasteiger partial charge in [0.25, 0.3) is 17.5 Å². The Labute approximate surface area is 134 Å². The second-order valence-corrected chi connectivity index (χ2v) is 4.75. The van der Waals surface area contributed by atoms with Crippen LogP contribution >= 0.6 is 11.6 Å². The van der Waals surface area contributed by atoms with Gasteiger partial charge in [-0.2, -0.15) is 0 Å². The highest BCUT2D eigenvalue weighted by Gasteiger charge is 2.16. The van der Waals surface area contributed by atoms with Gasteiger partial charge in [-0.25, -0.2) is 0 Å². The van der Waals surface area contributed by atoms with Crippen molar-refractivity contribution in [2.24, 2.45) is 0 Å². The third-order valence-corrected chi connectivity index (χ3v) is 3.16. The smallest absolute Gasteiger partial charge is 0.273 e. The topological polar surface area (TPSA) is 122 Å². The number of nitro groups is 1. The molecule has 0 aromatic heterocycles. The van der Waals surface area contributed by atoms with Gasteiger partial charge in [-0.3, -0.25) is 30.6 Å². The number of phenolic OH excluding ortho intramolecular Hbond substituents is 1. The van der Waals surface area contributed by atoms with Crippen LogP contribution in [0.1, 0.15) is 20.7 Å². The molecule has 2 rings (SSSR count). The maximum atomic E-state index is 11.9. The van der Waals surface area contributed by atoms with E-state index in [2.05, 4.69) is 10.9 Å². The van der Waals surface area contributed by atoms with Crippen LogP contribution in [0.5, 0.6) is 5.75 Å². The molecule has 0 bridgehead atoms. The summed E-state index contributed by atoms with van der Waals surface area (Å²) in [6.07, 6.45) is 0. The first-order chi connectivity index (χ1) is 10.9. The van der Waals surface area contributed by atoms with Gasteiger partial charge in [0.2, 0.25) is 0 Å². The number of carbonyl (C=O) groups is 2. The van der Waals surface area contributed by atoms with Crippen molar-refractivity contribution >= 4 is 29.1 Å². The molecule has 0 aliphatic rings. The van der Waals surface area contributed by atoms with Gasteiger partial charge in [0.15, 0.2) is 0 Å². The van der Waals surface area contributed by atoms with Crippen LogP contribution in [0.15, 0.2) is 42.5 Å². The van der Waals surface area contributed by atoms with Crippen LogP contribution in [-0.4, -0.2) is 21.8 Å². The number of hydrazine groups is 1. The predicted molar refractivity (Wildman–Crippen MR) is 81.1 cm³/mol. The number of benzene rings is 2. The molecular weight excluding hydrogens is 326 g/mol. The standard InChI is InChI=1S/C14H10ClN3O5/c15-11-7-8(18(22)23)5-6-9(11)13(20)16-17-14(21)10-3-1-2-4-12(10)19/h1-7,19H,(H,16,20)(H,17,21). The summed E-state index contributed by atoms with van der Waals surface area (Å²) in [5, 5.41) is 20.0. The molecule has 2 amide bonds. The lowest BCUT2D eigenvalue weighted by Crippen LogP contribution is -2.41. The molecule has 0 saturated heterocycles. The van der Waals surface area contributed by atoms with Crippen LogP contribution in [0.25, 0.3) is 0 Å². The number of hydrogen-bond acceptors (Lipinski definition) is 5. The number of amides is 2. The van der Waals surface area contributed by atoms with Crippen LogP contribution in [0.2, 0.25) is 5.02 Å². The van der Waals surface area contributed by atoms with E-state index in [1.54, 1.807) is 12.1 Å². The fraction of sp³-hybridized carbons (Fsp3) is 0. The van der Waals surface area contributed by atoms with Crippen molar-refractivity contribution in [2.45, 2.75) is 0 Å². The summed E-state index contributed by atoms with van der Waals surface area (Å²) in [5.74, 6) is -1.73. The van der Waals surface area contributed by atoms with Gasteiger partial charge in [0, 0.05) is 12.1 Å². The SMILES string of the molecule is O=C(NNC(=O)c1ccc([N+](=O)[O-])cc1Cl)c1ccccc1O. The molecule has 2 aromatic rings. The highest BCUT2D eigenvalue weighted by atomic mass is 35.5. The number of para-hydroxylation sites is 1. The van der Waals surface area contributed by atoms with Crippen LogP contribution in [0, 0.1) is 10.1 Å². The number of non-ortho nitro benzene ring substituents is 1. The summed E-state index contributed by atoms with van der Waals surface area (Å²) < 4.78 is 0.